The molecule has 0 aromatic carbocycles. The van der Waals surface area contributed by atoms with Gasteiger partial charge in [-0.2, -0.15) is 0 Å². The number of rotatable bonds is 52. The van der Waals surface area contributed by atoms with E-state index in [1.807, 2.05) is 33.3 Å². The SMILES string of the molecule is CCCCCCCCC/C=C/CCCCCCCC(=O)NC(COP(=O)(O)OCC[N+](C)(C)C)C(/C=C/CCCCCCCCCCC)OC(=O)CCCCCCCCCCCCCCCC. The molecule has 67 heavy (non-hydrogen) atoms. The summed E-state index contributed by atoms with van der Waals surface area (Å²) in [6.07, 6.45) is 54.5. The maximum atomic E-state index is 13.5. The smallest absolute Gasteiger partial charge is 0.456 e. The van der Waals surface area contributed by atoms with Gasteiger partial charge >= 0.3 is 13.8 Å². The predicted molar refractivity (Wildman–Crippen MR) is 286 cm³/mol. The fourth-order valence-corrected chi connectivity index (χ4v) is 9.14. The number of amides is 1. The molecule has 3 atom stereocenters. The predicted octanol–water partition coefficient (Wildman–Crippen LogP) is 17.0. The third-order valence-corrected chi connectivity index (χ3v) is 13.9. The van der Waals surface area contributed by atoms with Gasteiger partial charge in [-0.05, 0) is 57.4 Å². The molecule has 0 fully saturated rings. The number of hydrogen-bond donors (Lipinski definition) is 2. The Morgan fingerprint density at radius 3 is 1.27 bits per heavy atom. The van der Waals surface area contributed by atoms with Crippen LogP contribution in [0, 0.1) is 0 Å². The summed E-state index contributed by atoms with van der Waals surface area (Å²) >= 11 is 0. The number of phosphoric acid groups is 1. The number of quaternary nitrogens is 1. The van der Waals surface area contributed by atoms with Crippen LogP contribution in [0.5, 0.6) is 0 Å². The van der Waals surface area contributed by atoms with Gasteiger partial charge in [-0.3, -0.25) is 18.6 Å². The van der Waals surface area contributed by atoms with E-state index in [4.69, 9.17) is 13.8 Å². The lowest BCUT2D eigenvalue weighted by atomic mass is 10.0. The molecule has 1 amide bonds. The molecule has 0 heterocycles. The number of likely N-dealkylation sites (N-methyl/N-ethyl adjacent to an activating group) is 1. The molecule has 0 aliphatic carbocycles. The normalized spacial score (nSPS) is 14.0. The Kier molecular flexibility index (Phi) is 47.0. The molecule has 10 heteroatoms. The highest BCUT2D eigenvalue weighted by atomic mass is 31.2. The maximum Gasteiger partial charge on any atom is 0.472 e. The maximum absolute atomic E-state index is 13.5. The number of ether oxygens (including phenoxy) is 1. The van der Waals surface area contributed by atoms with Crippen molar-refractivity contribution >= 4 is 19.7 Å². The fourth-order valence-electron chi connectivity index (χ4n) is 8.41. The van der Waals surface area contributed by atoms with Gasteiger partial charge in [0.25, 0.3) is 0 Å². The Morgan fingerprint density at radius 1 is 0.507 bits per heavy atom. The second-order valence-corrected chi connectivity index (χ2v) is 22.3. The van der Waals surface area contributed by atoms with Crippen LogP contribution >= 0.6 is 7.82 Å². The number of esters is 1. The van der Waals surface area contributed by atoms with Crippen molar-refractivity contribution in [3.8, 4) is 0 Å². The molecule has 0 saturated carbocycles. The lowest BCUT2D eigenvalue weighted by Gasteiger charge is -2.27. The van der Waals surface area contributed by atoms with E-state index < -0.39 is 20.0 Å². The molecule has 0 spiro atoms. The minimum absolute atomic E-state index is 0.0418. The number of nitrogens with one attached hydrogen (secondary N) is 1. The molecule has 0 rings (SSSR count). The van der Waals surface area contributed by atoms with Gasteiger partial charge in [-0.25, -0.2) is 4.57 Å². The van der Waals surface area contributed by atoms with Gasteiger partial charge in [0.2, 0.25) is 5.91 Å². The first-order valence-corrected chi connectivity index (χ1v) is 30.2. The van der Waals surface area contributed by atoms with Crippen molar-refractivity contribution in [3.05, 3.63) is 24.3 Å². The first-order chi connectivity index (χ1) is 32.4. The minimum Gasteiger partial charge on any atom is -0.456 e. The summed E-state index contributed by atoms with van der Waals surface area (Å²) in [5.41, 5.74) is 0. The molecule has 0 aliphatic heterocycles. The third-order valence-electron chi connectivity index (χ3n) is 12.9. The van der Waals surface area contributed by atoms with E-state index in [1.165, 1.54) is 167 Å². The van der Waals surface area contributed by atoms with E-state index in [0.717, 1.165) is 77.0 Å². The molecule has 0 bridgehead atoms. The zero-order valence-electron chi connectivity index (χ0n) is 45.2. The van der Waals surface area contributed by atoms with Gasteiger partial charge in [0.05, 0.1) is 33.8 Å². The molecule has 0 radical (unpaired) electrons. The van der Waals surface area contributed by atoms with Gasteiger partial charge < -0.3 is 19.4 Å². The summed E-state index contributed by atoms with van der Waals surface area (Å²) in [4.78, 5) is 37.5. The van der Waals surface area contributed by atoms with E-state index >= 15 is 0 Å². The zero-order chi connectivity index (χ0) is 49.4. The van der Waals surface area contributed by atoms with E-state index in [1.54, 1.807) is 0 Å². The van der Waals surface area contributed by atoms with Crippen LogP contribution in [-0.4, -0.2) is 74.3 Å². The van der Waals surface area contributed by atoms with Crippen molar-refractivity contribution in [2.75, 3.05) is 40.9 Å². The number of unbranched alkanes of at least 4 members (excludes halogenated alkanes) is 34. The number of allylic oxidation sites excluding steroid dienone is 3. The van der Waals surface area contributed by atoms with Gasteiger partial charge in [0, 0.05) is 12.8 Å². The summed E-state index contributed by atoms with van der Waals surface area (Å²) in [6, 6.07) is -0.845. The first kappa shape index (κ1) is 65.5. The summed E-state index contributed by atoms with van der Waals surface area (Å²) in [5.74, 6) is -0.504. The second kappa shape index (κ2) is 48.1. The van der Waals surface area contributed by atoms with E-state index in [-0.39, 0.29) is 25.1 Å². The number of hydrogen-bond acceptors (Lipinski definition) is 6. The van der Waals surface area contributed by atoms with Crippen LogP contribution in [0.2, 0.25) is 0 Å². The van der Waals surface area contributed by atoms with Crippen molar-refractivity contribution < 1.29 is 37.3 Å². The van der Waals surface area contributed by atoms with Gasteiger partial charge in [0.15, 0.2) is 0 Å². The highest BCUT2D eigenvalue weighted by Gasteiger charge is 2.30. The van der Waals surface area contributed by atoms with Crippen LogP contribution < -0.4 is 5.32 Å². The van der Waals surface area contributed by atoms with Gasteiger partial charge in [0.1, 0.15) is 19.3 Å². The van der Waals surface area contributed by atoms with Gasteiger partial charge in [-0.15, -0.1) is 0 Å². The van der Waals surface area contributed by atoms with E-state index in [2.05, 4.69) is 38.2 Å². The zero-order valence-corrected chi connectivity index (χ0v) is 46.1. The number of carbonyl (C=O) groups is 2. The quantitative estimate of drug-likeness (QED) is 0.0205. The third kappa shape index (κ3) is 49.3. The van der Waals surface area contributed by atoms with E-state index in [9.17, 15) is 19.0 Å². The Balaban J connectivity index is 5.31. The van der Waals surface area contributed by atoms with Crippen LogP contribution in [0.15, 0.2) is 24.3 Å². The monoisotopic (exact) mass is 968 g/mol. The Hall–Kier alpha value is -1.51. The number of nitrogens with zero attached hydrogens (tertiary/aromatic N) is 1. The van der Waals surface area contributed by atoms with Crippen LogP contribution in [0.3, 0.4) is 0 Å². The standard InChI is InChI=1S/C57H111N2O7P/c1-7-10-13-16-19-22-25-27-29-30-31-34-37-40-43-46-49-56(60)58-54(53-65-67(62,63)64-52-51-59(4,5)6)55(48-45-42-39-36-33-24-21-18-15-12-9-3)66-57(61)50-47-44-41-38-35-32-28-26-23-20-17-14-11-8-2/h29-30,45,48,54-55H,7-28,31-44,46-47,49-53H2,1-6H3,(H-,58,60,62,63)/p+1/b30-29+,48-45+. The van der Waals surface area contributed by atoms with Crippen LogP contribution in [0.1, 0.15) is 278 Å². The van der Waals surface area contributed by atoms with Crippen molar-refractivity contribution in [1.29, 1.82) is 0 Å². The topological polar surface area (TPSA) is 111 Å². The molecule has 2 N–H and O–H groups in total. The fraction of sp³-hybridized carbons (Fsp3) is 0.895. The molecule has 0 aromatic rings. The lowest BCUT2D eigenvalue weighted by Crippen LogP contribution is -2.47. The highest BCUT2D eigenvalue weighted by Crippen LogP contribution is 2.43. The molecule has 0 aliphatic rings. The Bertz CT molecular complexity index is 1210. The highest BCUT2D eigenvalue weighted by molar-refractivity contribution is 7.47. The average Bonchev–Trinajstić information content (AvgIpc) is 3.28. The largest absolute Gasteiger partial charge is 0.472 e. The van der Waals surface area contributed by atoms with Crippen LogP contribution in [0.4, 0.5) is 0 Å². The second-order valence-electron chi connectivity index (χ2n) is 20.8. The number of phosphoric ester groups is 1. The summed E-state index contributed by atoms with van der Waals surface area (Å²) < 4.78 is 30.6. The van der Waals surface area contributed by atoms with Crippen LogP contribution in [0.25, 0.3) is 0 Å². The van der Waals surface area contributed by atoms with E-state index in [0.29, 0.717) is 23.9 Å². The number of carbonyl (C=O) groups excluding carboxylic acids is 2. The van der Waals surface area contributed by atoms with Crippen molar-refractivity contribution in [2.24, 2.45) is 0 Å². The minimum atomic E-state index is -4.44. The summed E-state index contributed by atoms with van der Waals surface area (Å²) in [6.45, 7) is 7.02. The summed E-state index contributed by atoms with van der Waals surface area (Å²) in [7, 11) is 1.50. The Morgan fingerprint density at radius 2 is 0.866 bits per heavy atom. The molecule has 396 valence electrons. The van der Waals surface area contributed by atoms with Crippen molar-refractivity contribution in [2.45, 2.75) is 290 Å². The lowest BCUT2D eigenvalue weighted by molar-refractivity contribution is -0.870. The first-order valence-electron chi connectivity index (χ1n) is 28.7. The average molecular weight is 969 g/mol. The Labute approximate surface area is 415 Å². The van der Waals surface area contributed by atoms with Gasteiger partial charge in [-0.1, -0.05) is 232 Å². The van der Waals surface area contributed by atoms with Crippen LogP contribution in [-0.2, 0) is 27.9 Å². The van der Waals surface area contributed by atoms with Crippen molar-refractivity contribution in [3.63, 3.8) is 0 Å². The molecule has 0 saturated heterocycles. The summed E-state index contributed by atoms with van der Waals surface area (Å²) in [5, 5.41) is 3.04. The molecule has 3 unspecified atom stereocenters. The van der Waals surface area contributed by atoms with Crippen molar-refractivity contribution in [1.82, 2.24) is 5.32 Å². The molecular weight excluding hydrogens is 856 g/mol. The molecule has 0 aromatic heterocycles. The molecular formula is C57H112N2O7P+. The molecule has 9 nitrogen and oxygen atoms in total.